The van der Waals surface area contributed by atoms with Crippen LogP contribution in [0.2, 0.25) is 0 Å². The van der Waals surface area contributed by atoms with Crippen molar-refractivity contribution in [2.45, 2.75) is 45.3 Å². The van der Waals surface area contributed by atoms with E-state index >= 15 is 0 Å². The molecule has 0 spiro atoms. The van der Waals surface area contributed by atoms with Crippen LogP contribution >= 0.6 is 0 Å². The summed E-state index contributed by atoms with van der Waals surface area (Å²) in [5, 5.41) is 0. The van der Waals surface area contributed by atoms with Crippen molar-refractivity contribution in [2.75, 3.05) is 13.1 Å². The summed E-state index contributed by atoms with van der Waals surface area (Å²) in [6.07, 6.45) is 4.70. The van der Waals surface area contributed by atoms with E-state index < -0.39 is 5.60 Å². The van der Waals surface area contributed by atoms with Gasteiger partial charge in [-0.2, -0.15) is 0 Å². The molecule has 0 unspecified atom stereocenters. The topological polar surface area (TPSA) is 55.8 Å². The summed E-state index contributed by atoms with van der Waals surface area (Å²) in [5.41, 5.74) is -0.461. The molecular weight excluding hydrogens is 234 g/mol. The van der Waals surface area contributed by atoms with Gasteiger partial charge in [-0.05, 0) is 20.8 Å². The Balaban J connectivity index is 2.32. The average molecular weight is 255 g/mol. The van der Waals surface area contributed by atoms with E-state index in [-0.39, 0.29) is 12.2 Å². The van der Waals surface area contributed by atoms with Gasteiger partial charge in [0.2, 0.25) is 0 Å². The molecule has 5 heteroatoms. The Bertz CT molecular complexity index is 311. The third-order valence-corrected chi connectivity index (χ3v) is 2.52. The van der Waals surface area contributed by atoms with Crippen LogP contribution in [0.5, 0.6) is 0 Å². The largest absolute Gasteiger partial charge is 0.498 e. The van der Waals surface area contributed by atoms with Crippen molar-refractivity contribution in [1.29, 1.82) is 0 Å². The molecule has 0 saturated carbocycles. The first-order chi connectivity index (χ1) is 8.42. The maximum atomic E-state index is 11.8. The zero-order valence-corrected chi connectivity index (χ0v) is 11.2. The molecule has 1 heterocycles. The lowest BCUT2D eigenvalue weighted by Crippen LogP contribution is -2.43. The summed E-state index contributed by atoms with van der Waals surface area (Å²) in [5.74, 6) is 0. The number of likely N-dealkylation sites (tertiary alicyclic amines) is 1. The Morgan fingerprint density at radius 3 is 2.39 bits per heavy atom. The number of nitrogens with zero attached hydrogens (tertiary/aromatic N) is 1. The molecule has 5 nitrogen and oxygen atoms in total. The molecule has 0 atom stereocenters. The van der Waals surface area contributed by atoms with Gasteiger partial charge in [-0.25, -0.2) is 4.79 Å². The average Bonchev–Trinajstić information content (AvgIpc) is 2.28. The number of aldehydes is 1. The van der Waals surface area contributed by atoms with E-state index in [0.29, 0.717) is 19.4 Å². The first-order valence-corrected chi connectivity index (χ1v) is 6.16. The molecular formula is C13H21NO4. The zero-order chi connectivity index (χ0) is 13.6. The first kappa shape index (κ1) is 14.5. The monoisotopic (exact) mass is 255 g/mol. The van der Waals surface area contributed by atoms with E-state index in [1.807, 2.05) is 20.8 Å². The molecule has 0 aromatic rings. The third-order valence-electron chi connectivity index (χ3n) is 2.52. The Labute approximate surface area is 108 Å². The molecule has 18 heavy (non-hydrogen) atoms. The van der Waals surface area contributed by atoms with Crippen molar-refractivity contribution in [3.05, 3.63) is 12.3 Å². The molecule has 0 bridgehead atoms. The minimum atomic E-state index is -0.461. The second-order valence-electron chi connectivity index (χ2n) is 5.27. The van der Waals surface area contributed by atoms with Gasteiger partial charge in [0.25, 0.3) is 0 Å². The summed E-state index contributed by atoms with van der Waals surface area (Å²) >= 11 is 0. The van der Waals surface area contributed by atoms with Gasteiger partial charge >= 0.3 is 6.09 Å². The Kier molecular flexibility index (Phi) is 5.19. The highest BCUT2D eigenvalue weighted by molar-refractivity contribution is 5.68. The predicted octanol–water partition coefficient (Wildman–Crippen LogP) is 2.12. The van der Waals surface area contributed by atoms with Gasteiger partial charge in [0, 0.05) is 32.0 Å². The van der Waals surface area contributed by atoms with Crippen molar-refractivity contribution in [2.24, 2.45) is 0 Å². The number of carbonyl (C=O) groups excluding carboxylic acids is 2. The number of carbonyl (C=O) groups is 2. The van der Waals surface area contributed by atoms with Crippen LogP contribution in [0.3, 0.4) is 0 Å². The van der Waals surface area contributed by atoms with Crippen LogP contribution in [0.15, 0.2) is 12.3 Å². The van der Waals surface area contributed by atoms with Crippen LogP contribution in [-0.4, -0.2) is 42.1 Å². The molecule has 0 N–H and O–H groups in total. The molecule has 1 aliphatic heterocycles. The van der Waals surface area contributed by atoms with Crippen molar-refractivity contribution in [1.82, 2.24) is 4.90 Å². The van der Waals surface area contributed by atoms with E-state index in [4.69, 9.17) is 9.47 Å². The van der Waals surface area contributed by atoms with Gasteiger partial charge in [-0.1, -0.05) is 0 Å². The number of hydrogen-bond acceptors (Lipinski definition) is 4. The van der Waals surface area contributed by atoms with Crippen LogP contribution in [0.4, 0.5) is 4.79 Å². The highest BCUT2D eigenvalue weighted by atomic mass is 16.6. The number of allylic oxidation sites excluding steroid dienone is 1. The molecule has 102 valence electrons. The zero-order valence-electron chi connectivity index (χ0n) is 11.2. The van der Waals surface area contributed by atoms with E-state index in [1.165, 1.54) is 12.3 Å². The Hall–Kier alpha value is -1.52. The Morgan fingerprint density at radius 2 is 1.89 bits per heavy atom. The molecule has 1 saturated heterocycles. The summed E-state index contributed by atoms with van der Waals surface area (Å²) in [4.78, 5) is 23.6. The molecule has 0 aliphatic carbocycles. The van der Waals surface area contributed by atoms with Crippen LogP contribution < -0.4 is 0 Å². The van der Waals surface area contributed by atoms with Crippen molar-refractivity contribution in [3.63, 3.8) is 0 Å². The van der Waals surface area contributed by atoms with E-state index in [1.54, 1.807) is 4.90 Å². The van der Waals surface area contributed by atoms with Gasteiger partial charge in [0.15, 0.2) is 0 Å². The van der Waals surface area contributed by atoms with Gasteiger partial charge in [0.05, 0.1) is 6.26 Å². The molecule has 1 amide bonds. The lowest BCUT2D eigenvalue weighted by atomic mass is 10.1. The summed E-state index contributed by atoms with van der Waals surface area (Å²) in [7, 11) is 0. The van der Waals surface area contributed by atoms with Crippen LogP contribution in [0.25, 0.3) is 0 Å². The standard InChI is InChI=1S/C13H21NO4/c1-13(2,3)18-12(16)14-7-5-11(6-8-14)17-10-4-9-15/h4,9-11H,5-8H2,1-3H3/b10-4+. The molecule has 1 fully saturated rings. The third kappa shape index (κ3) is 5.21. The minimum absolute atomic E-state index is 0.0693. The SMILES string of the molecule is CC(C)(C)OC(=O)N1CCC(O/C=C/C=O)CC1. The van der Waals surface area contributed by atoms with Crippen molar-refractivity contribution >= 4 is 12.4 Å². The molecule has 1 rings (SSSR count). The molecule has 0 radical (unpaired) electrons. The van der Waals surface area contributed by atoms with Crippen LogP contribution in [-0.2, 0) is 14.3 Å². The summed E-state index contributed by atoms with van der Waals surface area (Å²) < 4.78 is 10.7. The fourth-order valence-electron chi connectivity index (χ4n) is 1.69. The lowest BCUT2D eigenvalue weighted by Gasteiger charge is -2.32. The Morgan fingerprint density at radius 1 is 1.28 bits per heavy atom. The number of hydrogen-bond donors (Lipinski definition) is 0. The second-order valence-corrected chi connectivity index (χ2v) is 5.27. The van der Waals surface area contributed by atoms with Gasteiger partial charge in [-0.3, -0.25) is 4.79 Å². The number of rotatable bonds is 3. The normalized spacial score (nSPS) is 17.8. The van der Waals surface area contributed by atoms with Crippen LogP contribution in [0, 0.1) is 0 Å². The number of piperidine rings is 1. The van der Waals surface area contributed by atoms with E-state index in [2.05, 4.69) is 0 Å². The summed E-state index contributed by atoms with van der Waals surface area (Å²) in [6.45, 7) is 6.80. The molecule has 0 aromatic heterocycles. The van der Waals surface area contributed by atoms with Gasteiger partial charge < -0.3 is 14.4 Å². The van der Waals surface area contributed by atoms with Crippen molar-refractivity contribution < 1.29 is 19.1 Å². The van der Waals surface area contributed by atoms with E-state index in [9.17, 15) is 9.59 Å². The fourth-order valence-corrected chi connectivity index (χ4v) is 1.69. The highest BCUT2D eigenvalue weighted by Crippen LogP contribution is 2.17. The first-order valence-electron chi connectivity index (χ1n) is 6.16. The fraction of sp³-hybridized carbons (Fsp3) is 0.692. The smallest absolute Gasteiger partial charge is 0.410 e. The summed E-state index contributed by atoms with van der Waals surface area (Å²) in [6, 6.07) is 0. The molecule has 0 aromatic carbocycles. The molecule has 1 aliphatic rings. The number of amides is 1. The highest BCUT2D eigenvalue weighted by Gasteiger charge is 2.26. The maximum absolute atomic E-state index is 11.8. The number of ether oxygens (including phenoxy) is 2. The van der Waals surface area contributed by atoms with Gasteiger partial charge in [0.1, 0.15) is 18.0 Å². The second kappa shape index (κ2) is 6.42. The van der Waals surface area contributed by atoms with Crippen molar-refractivity contribution in [3.8, 4) is 0 Å². The predicted molar refractivity (Wildman–Crippen MR) is 67.1 cm³/mol. The van der Waals surface area contributed by atoms with Gasteiger partial charge in [-0.15, -0.1) is 0 Å². The van der Waals surface area contributed by atoms with E-state index in [0.717, 1.165) is 12.8 Å². The van der Waals surface area contributed by atoms with Crippen LogP contribution in [0.1, 0.15) is 33.6 Å². The lowest BCUT2D eigenvalue weighted by molar-refractivity contribution is -0.104. The maximum Gasteiger partial charge on any atom is 0.410 e. The minimum Gasteiger partial charge on any atom is -0.498 e. The quantitative estimate of drug-likeness (QED) is 0.440.